The molecule has 2 N–H and O–H groups in total. The number of carbonyl (C=O) groups excluding carboxylic acids is 1. The average Bonchev–Trinajstić information content (AvgIpc) is 3.11. The van der Waals surface area contributed by atoms with Crippen LogP contribution in [-0.2, 0) is 10.2 Å². The Morgan fingerprint density at radius 2 is 2.06 bits per heavy atom. The van der Waals surface area contributed by atoms with Gasteiger partial charge in [-0.2, -0.15) is 0 Å². The fraction of sp³-hybridized carbons (Fsp3) is 0.500. The molecule has 3 heteroatoms. The minimum Gasteiger partial charge on any atom is -0.393 e. The molecule has 1 atom stereocenters. The lowest BCUT2D eigenvalue weighted by Gasteiger charge is -2.16. The van der Waals surface area contributed by atoms with E-state index in [1.807, 2.05) is 30.3 Å². The maximum Gasteiger partial charge on any atom is 0.230 e. The van der Waals surface area contributed by atoms with Crippen LogP contribution < -0.4 is 5.32 Å². The SMILES string of the molecule is CC(O)CCNC(=O)C1(c2ccccc2)CC1. The topological polar surface area (TPSA) is 49.3 Å². The van der Waals surface area contributed by atoms with Crippen molar-refractivity contribution in [1.29, 1.82) is 0 Å². The van der Waals surface area contributed by atoms with Gasteiger partial charge in [0, 0.05) is 6.54 Å². The summed E-state index contributed by atoms with van der Waals surface area (Å²) in [5, 5.41) is 12.1. The smallest absolute Gasteiger partial charge is 0.230 e. The number of hydrogen-bond acceptors (Lipinski definition) is 2. The van der Waals surface area contributed by atoms with Crippen LogP contribution in [0.25, 0.3) is 0 Å². The molecular weight excluding hydrogens is 214 g/mol. The van der Waals surface area contributed by atoms with E-state index >= 15 is 0 Å². The molecule has 2 rings (SSSR count). The van der Waals surface area contributed by atoms with Crippen molar-refractivity contribution in [1.82, 2.24) is 5.32 Å². The molecule has 1 aromatic rings. The lowest BCUT2D eigenvalue weighted by Crippen LogP contribution is -2.36. The summed E-state index contributed by atoms with van der Waals surface area (Å²) in [4.78, 5) is 12.1. The van der Waals surface area contributed by atoms with Crippen LogP contribution in [0.15, 0.2) is 30.3 Å². The normalized spacial score (nSPS) is 18.5. The van der Waals surface area contributed by atoms with Crippen molar-refractivity contribution < 1.29 is 9.90 Å². The first-order chi connectivity index (χ1) is 8.15. The molecule has 3 nitrogen and oxygen atoms in total. The van der Waals surface area contributed by atoms with Gasteiger partial charge in [-0.25, -0.2) is 0 Å². The fourth-order valence-electron chi connectivity index (χ4n) is 2.09. The zero-order chi connectivity index (χ0) is 12.3. The van der Waals surface area contributed by atoms with E-state index in [0.717, 1.165) is 18.4 Å². The Balaban J connectivity index is 1.95. The van der Waals surface area contributed by atoms with Gasteiger partial charge in [-0.15, -0.1) is 0 Å². The van der Waals surface area contributed by atoms with E-state index < -0.39 is 0 Å². The van der Waals surface area contributed by atoms with Crippen molar-refractivity contribution in [2.24, 2.45) is 0 Å². The van der Waals surface area contributed by atoms with E-state index in [2.05, 4.69) is 5.32 Å². The minimum absolute atomic E-state index is 0.101. The van der Waals surface area contributed by atoms with Crippen LogP contribution in [0.5, 0.6) is 0 Å². The first kappa shape index (κ1) is 12.1. The summed E-state index contributed by atoms with van der Waals surface area (Å²) in [6.07, 6.45) is 2.10. The Morgan fingerprint density at radius 1 is 1.41 bits per heavy atom. The van der Waals surface area contributed by atoms with Gasteiger partial charge in [0.1, 0.15) is 0 Å². The summed E-state index contributed by atoms with van der Waals surface area (Å²) in [7, 11) is 0. The third-order valence-electron chi connectivity index (χ3n) is 3.36. The molecule has 0 aromatic heterocycles. The molecule has 1 fully saturated rings. The number of hydrogen-bond donors (Lipinski definition) is 2. The van der Waals surface area contributed by atoms with Crippen molar-refractivity contribution in [2.45, 2.75) is 37.7 Å². The Bertz CT molecular complexity index is 382. The van der Waals surface area contributed by atoms with Gasteiger partial charge in [0.25, 0.3) is 0 Å². The minimum atomic E-state index is -0.359. The van der Waals surface area contributed by atoms with Gasteiger partial charge >= 0.3 is 0 Å². The van der Waals surface area contributed by atoms with Crippen LogP contribution in [0.4, 0.5) is 0 Å². The largest absolute Gasteiger partial charge is 0.393 e. The van der Waals surface area contributed by atoms with E-state index in [1.165, 1.54) is 0 Å². The first-order valence-corrected chi connectivity index (χ1v) is 6.17. The van der Waals surface area contributed by atoms with Gasteiger partial charge in [-0.1, -0.05) is 30.3 Å². The molecule has 0 aliphatic heterocycles. The van der Waals surface area contributed by atoms with E-state index in [9.17, 15) is 4.79 Å². The second-order valence-electron chi connectivity index (χ2n) is 4.84. The molecule has 1 aromatic carbocycles. The van der Waals surface area contributed by atoms with E-state index in [1.54, 1.807) is 6.92 Å². The second-order valence-corrected chi connectivity index (χ2v) is 4.84. The van der Waals surface area contributed by atoms with E-state index in [0.29, 0.717) is 13.0 Å². The Morgan fingerprint density at radius 3 is 2.59 bits per heavy atom. The lowest BCUT2D eigenvalue weighted by atomic mass is 9.95. The highest BCUT2D eigenvalue weighted by Crippen LogP contribution is 2.48. The molecule has 1 amide bonds. The summed E-state index contributed by atoms with van der Waals surface area (Å²) >= 11 is 0. The van der Waals surface area contributed by atoms with E-state index in [4.69, 9.17) is 5.11 Å². The van der Waals surface area contributed by atoms with Crippen molar-refractivity contribution in [3.8, 4) is 0 Å². The third kappa shape index (κ3) is 2.67. The molecule has 0 bridgehead atoms. The van der Waals surface area contributed by atoms with Crippen molar-refractivity contribution in [3.63, 3.8) is 0 Å². The molecule has 0 heterocycles. The molecule has 17 heavy (non-hydrogen) atoms. The predicted molar refractivity (Wildman–Crippen MR) is 66.7 cm³/mol. The number of carbonyl (C=O) groups is 1. The lowest BCUT2D eigenvalue weighted by molar-refractivity contribution is -0.123. The van der Waals surface area contributed by atoms with E-state index in [-0.39, 0.29) is 17.4 Å². The standard InChI is InChI=1S/C14H19NO2/c1-11(16)7-10-15-13(17)14(8-9-14)12-5-3-2-4-6-12/h2-6,11,16H,7-10H2,1H3,(H,15,17). The zero-order valence-corrected chi connectivity index (χ0v) is 10.1. The number of rotatable bonds is 5. The highest BCUT2D eigenvalue weighted by molar-refractivity contribution is 5.91. The van der Waals surface area contributed by atoms with Crippen LogP contribution in [0.3, 0.4) is 0 Å². The Kier molecular flexibility index (Phi) is 3.48. The van der Waals surface area contributed by atoms with Gasteiger partial charge in [0.05, 0.1) is 11.5 Å². The van der Waals surface area contributed by atoms with Gasteiger partial charge in [-0.3, -0.25) is 4.79 Å². The molecule has 0 saturated heterocycles. The van der Waals surface area contributed by atoms with Crippen molar-refractivity contribution >= 4 is 5.91 Å². The second kappa shape index (κ2) is 4.88. The van der Waals surface area contributed by atoms with Crippen LogP contribution >= 0.6 is 0 Å². The van der Waals surface area contributed by atoms with Gasteiger partial charge in [-0.05, 0) is 31.7 Å². The number of aliphatic hydroxyl groups is 1. The van der Waals surface area contributed by atoms with Crippen molar-refractivity contribution in [2.75, 3.05) is 6.54 Å². The number of benzene rings is 1. The maximum atomic E-state index is 12.1. The number of nitrogens with one attached hydrogen (secondary N) is 1. The molecule has 0 spiro atoms. The Labute approximate surface area is 102 Å². The molecule has 1 aliphatic rings. The summed E-state index contributed by atoms with van der Waals surface area (Å²) in [5.74, 6) is 0.101. The molecule has 1 saturated carbocycles. The molecule has 0 radical (unpaired) electrons. The summed E-state index contributed by atoms with van der Waals surface area (Å²) < 4.78 is 0. The molecule has 1 unspecified atom stereocenters. The highest BCUT2D eigenvalue weighted by atomic mass is 16.3. The summed E-state index contributed by atoms with van der Waals surface area (Å²) in [6, 6.07) is 9.93. The monoisotopic (exact) mass is 233 g/mol. The van der Waals surface area contributed by atoms with Crippen LogP contribution in [0, 0.1) is 0 Å². The van der Waals surface area contributed by atoms with Gasteiger partial charge in [0.15, 0.2) is 0 Å². The average molecular weight is 233 g/mol. The molecule has 92 valence electrons. The summed E-state index contributed by atoms with van der Waals surface area (Å²) in [6.45, 7) is 2.28. The maximum absolute atomic E-state index is 12.1. The Hall–Kier alpha value is -1.35. The fourth-order valence-corrected chi connectivity index (χ4v) is 2.09. The predicted octanol–water partition coefficient (Wildman–Crippen LogP) is 1.61. The van der Waals surface area contributed by atoms with Crippen LogP contribution in [0.1, 0.15) is 31.7 Å². The quantitative estimate of drug-likeness (QED) is 0.811. The summed E-state index contributed by atoms with van der Waals surface area (Å²) in [5.41, 5.74) is 0.814. The van der Waals surface area contributed by atoms with Crippen LogP contribution in [0.2, 0.25) is 0 Å². The first-order valence-electron chi connectivity index (χ1n) is 6.17. The van der Waals surface area contributed by atoms with Gasteiger partial charge < -0.3 is 10.4 Å². The number of aliphatic hydroxyl groups excluding tert-OH is 1. The highest BCUT2D eigenvalue weighted by Gasteiger charge is 2.50. The van der Waals surface area contributed by atoms with Crippen LogP contribution in [-0.4, -0.2) is 23.7 Å². The zero-order valence-electron chi connectivity index (χ0n) is 10.1. The number of amides is 1. The van der Waals surface area contributed by atoms with Gasteiger partial charge in [0.2, 0.25) is 5.91 Å². The third-order valence-corrected chi connectivity index (χ3v) is 3.36. The molecule has 1 aliphatic carbocycles. The molecular formula is C14H19NO2. The van der Waals surface area contributed by atoms with Crippen molar-refractivity contribution in [3.05, 3.63) is 35.9 Å².